The highest BCUT2D eigenvalue weighted by molar-refractivity contribution is 7.17. The van der Waals surface area contributed by atoms with Crippen LogP contribution in [0, 0.1) is 18.3 Å². The van der Waals surface area contributed by atoms with E-state index >= 15 is 0 Å². The number of carbonyl (C=O) groups excluding carboxylic acids is 2. The topological polar surface area (TPSA) is 131 Å². The third-order valence-corrected chi connectivity index (χ3v) is 5.36. The van der Waals surface area contributed by atoms with Crippen molar-refractivity contribution in [2.24, 2.45) is 5.73 Å². The Morgan fingerprint density at radius 3 is 2.58 bits per heavy atom. The number of benzene rings is 2. The molecule has 152 valence electrons. The predicted molar refractivity (Wildman–Crippen MR) is 116 cm³/mol. The highest BCUT2D eigenvalue weighted by Crippen LogP contribution is 2.33. The molecule has 2 heterocycles. The SMILES string of the molecule is Cc1nc(Oc2ccc(C#N)cc2)sc1NC(=O)c1cc(C(N)=O)nc2ccccc12. The molecule has 0 saturated heterocycles. The van der Waals surface area contributed by atoms with Gasteiger partial charge in [0, 0.05) is 5.39 Å². The first-order valence-electron chi connectivity index (χ1n) is 9.11. The van der Waals surface area contributed by atoms with E-state index in [0.717, 1.165) is 0 Å². The zero-order valence-corrected chi connectivity index (χ0v) is 17.1. The van der Waals surface area contributed by atoms with Gasteiger partial charge in [0.2, 0.25) is 0 Å². The fraction of sp³-hybridized carbons (Fsp3) is 0.0455. The van der Waals surface area contributed by atoms with Gasteiger partial charge < -0.3 is 15.8 Å². The summed E-state index contributed by atoms with van der Waals surface area (Å²) in [5, 5.41) is 13.2. The second-order valence-corrected chi connectivity index (χ2v) is 7.48. The third-order valence-electron chi connectivity index (χ3n) is 4.41. The Balaban J connectivity index is 1.60. The van der Waals surface area contributed by atoms with E-state index in [-0.39, 0.29) is 11.3 Å². The van der Waals surface area contributed by atoms with E-state index in [0.29, 0.717) is 38.1 Å². The highest BCUT2D eigenvalue weighted by Gasteiger charge is 2.18. The Morgan fingerprint density at radius 1 is 1.13 bits per heavy atom. The van der Waals surface area contributed by atoms with Crippen molar-refractivity contribution in [2.75, 3.05) is 5.32 Å². The molecule has 0 radical (unpaired) electrons. The van der Waals surface area contributed by atoms with Crippen LogP contribution in [0.25, 0.3) is 10.9 Å². The smallest absolute Gasteiger partial charge is 0.280 e. The maximum atomic E-state index is 13.0. The molecular formula is C22H15N5O3S. The van der Waals surface area contributed by atoms with Crippen LogP contribution in [0.2, 0.25) is 0 Å². The zero-order valence-electron chi connectivity index (χ0n) is 16.2. The van der Waals surface area contributed by atoms with Crippen molar-refractivity contribution in [1.82, 2.24) is 9.97 Å². The minimum absolute atomic E-state index is 0.00900. The van der Waals surface area contributed by atoms with Crippen LogP contribution in [0.4, 0.5) is 5.00 Å². The lowest BCUT2D eigenvalue weighted by molar-refractivity contribution is 0.0996. The van der Waals surface area contributed by atoms with Gasteiger partial charge in [-0.3, -0.25) is 9.59 Å². The second kappa shape index (κ2) is 8.22. The van der Waals surface area contributed by atoms with Gasteiger partial charge in [0.25, 0.3) is 17.0 Å². The van der Waals surface area contributed by atoms with Crippen LogP contribution in [0.3, 0.4) is 0 Å². The molecule has 4 aromatic rings. The van der Waals surface area contributed by atoms with Crippen LogP contribution in [0.15, 0.2) is 54.6 Å². The van der Waals surface area contributed by atoms with Gasteiger partial charge in [0.15, 0.2) is 0 Å². The Morgan fingerprint density at radius 2 is 1.87 bits per heavy atom. The molecule has 0 aliphatic carbocycles. The zero-order chi connectivity index (χ0) is 22.0. The summed E-state index contributed by atoms with van der Waals surface area (Å²) in [4.78, 5) is 33.2. The number of nitrogens with zero attached hydrogens (tertiary/aromatic N) is 3. The summed E-state index contributed by atoms with van der Waals surface area (Å²) in [6.07, 6.45) is 0. The number of carbonyl (C=O) groups is 2. The molecule has 2 aromatic heterocycles. The molecule has 8 nitrogen and oxygen atoms in total. The summed E-state index contributed by atoms with van der Waals surface area (Å²) in [6.45, 7) is 1.75. The maximum absolute atomic E-state index is 13.0. The molecule has 0 spiro atoms. The fourth-order valence-corrected chi connectivity index (χ4v) is 3.72. The number of aryl methyl sites for hydroxylation is 1. The number of nitriles is 1. The monoisotopic (exact) mass is 429 g/mol. The number of pyridine rings is 1. The molecule has 0 atom stereocenters. The highest BCUT2D eigenvalue weighted by atomic mass is 32.1. The lowest BCUT2D eigenvalue weighted by Crippen LogP contribution is -2.17. The van der Waals surface area contributed by atoms with Crippen molar-refractivity contribution >= 4 is 39.1 Å². The molecule has 0 aliphatic rings. The average Bonchev–Trinajstić information content (AvgIpc) is 3.11. The number of nitrogens with one attached hydrogen (secondary N) is 1. The molecule has 4 rings (SSSR count). The Labute approximate surface area is 180 Å². The van der Waals surface area contributed by atoms with Crippen molar-refractivity contribution < 1.29 is 14.3 Å². The van der Waals surface area contributed by atoms with E-state index in [4.69, 9.17) is 15.7 Å². The van der Waals surface area contributed by atoms with Crippen molar-refractivity contribution in [3.8, 4) is 17.0 Å². The molecule has 3 N–H and O–H groups in total. The number of rotatable bonds is 5. The van der Waals surface area contributed by atoms with Gasteiger partial charge in [0.05, 0.1) is 28.4 Å². The number of hydrogen-bond acceptors (Lipinski definition) is 7. The van der Waals surface area contributed by atoms with E-state index in [1.807, 2.05) is 6.07 Å². The fourth-order valence-electron chi connectivity index (χ4n) is 2.89. The Kier molecular flexibility index (Phi) is 5.30. The van der Waals surface area contributed by atoms with E-state index in [2.05, 4.69) is 15.3 Å². The molecule has 0 saturated carbocycles. The van der Waals surface area contributed by atoms with Crippen LogP contribution >= 0.6 is 11.3 Å². The van der Waals surface area contributed by atoms with Gasteiger partial charge in [-0.1, -0.05) is 29.5 Å². The van der Waals surface area contributed by atoms with Crippen LogP contribution in [0.1, 0.15) is 32.1 Å². The number of nitrogens with two attached hydrogens (primary N) is 1. The van der Waals surface area contributed by atoms with E-state index < -0.39 is 11.8 Å². The van der Waals surface area contributed by atoms with E-state index in [1.54, 1.807) is 55.5 Å². The third kappa shape index (κ3) is 4.19. The number of aromatic nitrogens is 2. The molecule has 2 aromatic carbocycles. The standard InChI is InChI=1S/C22H15N5O3S/c1-12-21(31-22(25-12)30-14-8-6-13(11-23)7-9-14)27-20(29)16-10-18(19(24)28)26-17-5-3-2-4-15(16)17/h2-10H,1H3,(H2,24,28)(H,27,29). The largest absolute Gasteiger partial charge is 0.431 e. The summed E-state index contributed by atoms with van der Waals surface area (Å²) in [7, 11) is 0. The van der Waals surface area contributed by atoms with Crippen molar-refractivity contribution in [3.05, 3.63) is 77.1 Å². The van der Waals surface area contributed by atoms with Crippen LogP contribution in [0.5, 0.6) is 10.9 Å². The molecule has 2 amide bonds. The number of para-hydroxylation sites is 1. The number of anilines is 1. The summed E-state index contributed by atoms with van der Waals surface area (Å²) >= 11 is 1.17. The maximum Gasteiger partial charge on any atom is 0.280 e. The van der Waals surface area contributed by atoms with Gasteiger partial charge in [0.1, 0.15) is 16.4 Å². The summed E-state index contributed by atoms with van der Waals surface area (Å²) in [5.41, 5.74) is 7.26. The van der Waals surface area contributed by atoms with Crippen molar-refractivity contribution in [1.29, 1.82) is 5.26 Å². The van der Waals surface area contributed by atoms with Gasteiger partial charge in [-0.05, 0) is 43.3 Å². The number of fused-ring (bicyclic) bond motifs is 1. The van der Waals surface area contributed by atoms with Gasteiger partial charge >= 0.3 is 0 Å². The molecule has 0 bridgehead atoms. The lowest BCUT2D eigenvalue weighted by atomic mass is 10.1. The minimum atomic E-state index is -0.716. The predicted octanol–water partition coefficient (Wildman–Crippen LogP) is 4.01. The number of thiazole rings is 1. The van der Waals surface area contributed by atoms with Crippen molar-refractivity contribution in [3.63, 3.8) is 0 Å². The number of hydrogen-bond donors (Lipinski definition) is 2. The molecule has 31 heavy (non-hydrogen) atoms. The quantitative estimate of drug-likeness (QED) is 0.493. The summed E-state index contributed by atoms with van der Waals surface area (Å²) < 4.78 is 5.72. The molecule has 0 aliphatic heterocycles. The average molecular weight is 429 g/mol. The van der Waals surface area contributed by atoms with Crippen LogP contribution in [-0.2, 0) is 0 Å². The summed E-state index contributed by atoms with van der Waals surface area (Å²) in [5.74, 6) is -0.610. The normalized spacial score (nSPS) is 10.5. The first-order valence-corrected chi connectivity index (χ1v) is 9.92. The van der Waals surface area contributed by atoms with Crippen LogP contribution < -0.4 is 15.8 Å². The van der Waals surface area contributed by atoms with Crippen LogP contribution in [-0.4, -0.2) is 21.8 Å². The molecule has 0 fully saturated rings. The molecule has 0 unspecified atom stereocenters. The number of ether oxygens (including phenoxy) is 1. The van der Waals surface area contributed by atoms with Gasteiger partial charge in [-0.15, -0.1) is 0 Å². The van der Waals surface area contributed by atoms with Gasteiger partial charge in [-0.25, -0.2) is 9.97 Å². The Hall–Kier alpha value is -4.29. The first-order chi connectivity index (χ1) is 14.9. The minimum Gasteiger partial charge on any atom is -0.431 e. The van der Waals surface area contributed by atoms with Crippen molar-refractivity contribution in [2.45, 2.75) is 6.92 Å². The molecular weight excluding hydrogens is 414 g/mol. The van der Waals surface area contributed by atoms with E-state index in [1.165, 1.54) is 17.4 Å². The second-order valence-electron chi connectivity index (χ2n) is 6.52. The molecule has 9 heteroatoms. The van der Waals surface area contributed by atoms with Gasteiger partial charge in [-0.2, -0.15) is 5.26 Å². The number of primary amides is 1. The first kappa shape index (κ1) is 20.0. The van der Waals surface area contributed by atoms with E-state index in [9.17, 15) is 9.59 Å². The summed E-state index contributed by atoms with van der Waals surface area (Å²) in [6, 6.07) is 17.1. The Bertz CT molecular complexity index is 1360. The lowest BCUT2D eigenvalue weighted by Gasteiger charge is -2.08. The number of amides is 2.